The van der Waals surface area contributed by atoms with Gasteiger partial charge < -0.3 is 55.8 Å². The van der Waals surface area contributed by atoms with Crippen LogP contribution >= 0.6 is 0 Å². The number of nitrogen functional groups attached to an aromatic ring is 8. The predicted octanol–water partition coefficient (Wildman–Crippen LogP) is 13.2. The number of fused-ring (bicyclic) bond motifs is 8. The second-order valence-electron chi connectivity index (χ2n) is 23.6. The third-order valence-corrected chi connectivity index (χ3v) is 14.0. The molecule has 0 spiro atoms. The first-order chi connectivity index (χ1) is 33.5. The maximum Gasteiger partial charge on any atom is 0.0738 e. The highest BCUT2D eigenvalue weighted by Crippen LogP contribution is 2.46. The van der Waals surface area contributed by atoms with Crippen LogP contribution in [-0.4, -0.2) is 19.9 Å². The summed E-state index contributed by atoms with van der Waals surface area (Å²) in [6, 6.07) is 23.8. The summed E-state index contributed by atoms with van der Waals surface area (Å²) < 4.78 is 0. The van der Waals surface area contributed by atoms with Gasteiger partial charge in [-0.05, 0) is 141 Å². The minimum Gasteiger partial charge on any atom is -0.398 e. The van der Waals surface area contributed by atoms with Crippen molar-refractivity contribution in [3.63, 3.8) is 0 Å². The molecule has 0 aliphatic carbocycles. The van der Waals surface area contributed by atoms with E-state index in [0.29, 0.717) is 90.5 Å². The molecule has 7 aromatic rings. The minimum atomic E-state index is -0.263. The first-order valence-electron chi connectivity index (χ1n) is 24.5. The zero-order valence-corrected chi connectivity index (χ0v) is 43.8. The first kappa shape index (κ1) is 48.9. The molecule has 2 aliphatic heterocycles. The van der Waals surface area contributed by atoms with Crippen LogP contribution in [0.5, 0.6) is 0 Å². The molecule has 0 atom stereocenters. The fourth-order valence-electron chi connectivity index (χ4n) is 10.3. The van der Waals surface area contributed by atoms with Gasteiger partial charge in [-0.15, -0.1) is 0 Å². The standard InChI is InChI=1S/C60H70N12/c1-57(2,3)33-25-37(61)29(21-41(33)65)53-45-13-15-47(69-45)54(30-22-42(66)34(26-38(30)62)58(4,5)6)49-17-19-51(71-49)56(32-24-44(68)36(28-40(32)64)60(10,11)12)52-20-18-50(72-52)55(48-16-14-46(53)70-48)31-23-43(67)35(27-39(31)63)59(7,8)9/h13-28,69,72H,61-68H2,1-12H3. The smallest absolute Gasteiger partial charge is 0.0738 e. The molecule has 0 amide bonds. The highest BCUT2D eigenvalue weighted by molar-refractivity contribution is 6.04. The van der Waals surface area contributed by atoms with Crippen molar-refractivity contribution in [2.45, 2.75) is 105 Å². The van der Waals surface area contributed by atoms with Gasteiger partial charge in [0.15, 0.2) is 0 Å². The summed E-state index contributed by atoms with van der Waals surface area (Å²) in [5.41, 5.74) is 74.8. The van der Waals surface area contributed by atoms with Gasteiger partial charge in [0, 0.05) is 112 Å². The molecule has 0 radical (unpaired) electrons. The van der Waals surface area contributed by atoms with E-state index in [2.05, 4.69) is 93.1 Å². The van der Waals surface area contributed by atoms with Gasteiger partial charge in [-0.3, -0.25) is 0 Å². The Morgan fingerprint density at radius 1 is 0.292 bits per heavy atom. The lowest BCUT2D eigenvalue weighted by Gasteiger charge is -2.23. The molecule has 72 heavy (non-hydrogen) atoms. The summed E-state index contributed by atoms with van der Waals surface area (Å²) in [4.78, 5) is 18.6. The lowest BCUT2D eigenvalue weighted by atomic mass is 9.84. The van der Waals surface area contributed by atoms with Gasteiger partial charge in [-0.2, -0.15) is 0 Å². The van der Waals surface area contributed by atoms with Crippen LogP contribution in [0.25, 0.3) is 90.9 Å². The number of aromatic amines is 2. The molecule has 3 aromatic heterocycles. The number of aromatic nitrogens is 4. The number of H-pyrrole nitrogens is 2. The van der Waals surface area contributed by atoms with Gasteiger partial charge in [0.05, 0.1) is 22.8 Å². The van der Waals surface area contributed by atoms with E-state index < -0.39 is 0 Å². The molecular weight excluding hydrogens is 889 g/mol. The van der Waals surface area contributed by atoms with Gasteiger partial charge in [0.1, 0.15) is 0 Å². The SMILES string of the molecule is CC(C)(C)c1cc(N)c(-c2c3nc(c(-c4cc(N)c(C(C)(C)C)cc4N)c4ccc([nH]4)c(-c4cc(N)c(C(C)(C)C)cc4N)c4nc(c(-c5cc(N)c(C(C)(C)C)cc5N)c5ccc2[nH]5)C=C4)C=C3)cc1N. The number of benzene rings is 4. The monoisotopic (exact) mass is 959 g/mol. The maximum atomic E-state index is 7.11. The second kappa shape index (κ2) is 16.8. The second-order valence-corrected chi connectivity index (χ2v) is 23.6. The van der Waals surface area contributed by atoms with E-state index >= 15 is 0 Å². The Morgan fingerprint density at radius 2 is 0.486 bits per heavy atom. The number of anilines is 8. The summed E-state index contributed by atoms with van der Waals surface area (Å²) in [6.45, 7) is 25.5. The molecular formula is C60H70N12. The van der Waals surface area contributed by atoms with Crippen molar-refractivity contribution < 1.29 is 0 Å². The number of hydrogen-bond donors (Lipinski definition) is 10. The van der Waals surface area contributed by atoms with E-state index in [1.165, 1.54) is 0 Å². The third kappa shape index (κ3) is 8.54. The zero-order valence-electron chi connectivity index (χ0n) is 43.8. The Balaban J connectivity index is 1.51. The number of rotatable bonds is 4. The van der Waals surface area contributed by atoms with Crippen LogP contribution in [0.4, 0.5) is 45.5 Å². The summed E-state index contributed by atoms with van der Waals surface area (Å²) in [6.07, 6.45) is 8.00. The van der Waals surface area contributed by atoms with Gasteiger partial charge in [0.2, 0.25) is 0 Å². The van der Waals surface area contributed by atoms with E-state index in [-0.39, 0.29) is 21.7 Å². The molecule has 0 saturated heterocycles. The first-order valence-corrected chi connectivity index (χ1v) is 24.5. The molecule has 9 rings (SSSR count). The molecule has 0 saturated carbocycles. The lowest BCUT2D eigenvalue weighted by Crippen LogP contribution is -2.15. The summed E-state index contributed by atoms with van der Waals surface area (Å²) in [7, 11) is 0. The van der Waals surface area contributed by atoms with Crippen molar-refractivity contribution in [3.8, 4) is 44.5 Å². The van der Waals surface area contributed by atoms with Crippen LogP contribution in [0.3, 0.4) is 0 Å². The summed E-state index contributed by atoms with van der Waals surface area (Å²) >= 11 is 0. The third-order valence-electron chi connectivity index (χ3n) is 14.0. The topological polar surface area (TPSA) is 266 Å². The van der Waals surface area contributed by atoms with E-state index in [1.807, 2.05) is 97.1 Å². The van der Waals surface area contributed by atoms with E-state index in [1.54, 1.807) is 0 Å². The van der Waals surface area contributed by atoms with Gasteiger partial charge in [-0.1, -0.05) is 83.1 Å². The maximum absolute atomic E-state index is 7.11. The highest BCUT2D eigenvalue weighted by atomic mass is 14.8. The Labute approximate surface area is 423 Å². The van der Waals surface area contributed by atoms with Crippen LogP contribution in [0.15, 0.2) is 72.8 Å². The van der Waals surface area contributed by atoms with Gasteiger partial charge >= 0.3 is 0 Å². The Bertz CT molecular complexity index is 3180. The molecule has 12 nitrogen and oxygen atoms in total. The van der Waals surface area contributed by atoms with Crippen LogP contribution < -0.4 is 45.9 Å². The molecule has 0 unspecified atom stereocenters. The van der Waals surface area contributed by atoms with E-state index in [9.17, 15) is 0 Å². The average Bonchev–Trinajstić information content (AvgIpc) is 4.11. The quantitative estimate of drug-likeness (QED) is 0.0746. The van der Waals surface area contributed by atoms with Crippen molar-refractivity contribution in [2.75, 3.05) is 45.9 Å². The Morgan fingerprint density at radius 3 is 0.667 bits per heavy atom. The molecule has 0 fully saturated rings. The van der Waals surface area contributed by atoms with Gasteiger partial charge in [0.25, 0.3) is 0 Å². The molecule has 4 aromatic carbocycles. The fourth-order valence-corrected chi connectivity index (χ4v) is 10.3. The number of nitrogens with zero attached hydrogens (tertiary/aromatic N) is 2. The van der Waals surface area contributed by atoms with Crippen LogP contribution in [-0.2, 0) is 21.7 Å². The lowest BCUT2D eigenvalue weighted by molar-refractivity contribution is 0.592. The number of nitrogens with one attached hydrogen (secondary N) is 2. The van der Waals surface area contributed by atoms with Crippen LogP contribution in [0.1, 0.15) is 128 Å². The summed E-state index contributed by atoms with van der Waals surface area (Å²) in [5.74, 6) is 0. The Hall–Kier alpha value is -8.12. The molecule has 18 N–H and O–H groups in total. The summed E-state index contributed by atoms with van der Waals surface area (Å²) in [5, 5.41) is 0. The van der Waals surface area contributed by atoms with E-state index in [4.69, 9.17) is 55.8 Å². The zero-order chi connectivity index (χ0) is 52.3. The number of nitrogens with two attached hydrogens (primary N) is 8. The Kier molecular flexibility index (Phi) is 11.4. The highest BCUT2D eigenvalue weighted by Gasteiger charge is 2.28. The van der Waals surface area contributed by atoms with Crippen molar-refractivity contribution >= 4 is 91.9 Å². The van der Waals surface area contributed by atoms with Crippen LogP contribution in [0.2, 0.25) is 0 Å². The van der Waals surface area contributed by atoms with Gasteiger partial charge in [-0.25, -0.2) is 9.97 Å². The minimum absolute atomic E-state index is 0.263. The average molecular weight is 959 g/mol. The van der Waals surface area contributed by atoms with Crippen LogP contribution in [0, 0.1) is 0 Å². The van der Waals surface area contributed by atoms with Crippen molar-refractivity contribution in [1.29, 1.82) is 0 Å². The van der Waals surface area contributed by atoms with Crippen molar-refractivity contribution in [2.24, 2.45) is 0 Å². The normalized spacial score (nSPS) is 13.1. The fraction of sp³-hybridized carbons (Fsp3) is 0.267. The largest absolute Gasteiger partial charge is 0.398 e. The number of hydrogen-bond acceptors (Lipinski definition) is 10. The molecule has 5 heterocycles. The predicted molar refractivity (Wildman–Crippen MR) is 311 cm³/mol. The van der Waals surface area contributed by atoms with Crippen molar-refractivity contribution in [1.82, 2.24) is 19.9 Å². The molecule has 8 bridgehead atoms. The molecule has 12 heteroatoms. The van der Waals surface area contributed by atoms with E-state index in [0.717, 1.165) is 66.6 Å². The molecule has 2 aliphatic rings. The molecule has 370 valence electrons. The van der Waals surface area contributed by atoms with Crippen molar-refractivity contribution in [3.05, 3.63) is 118 Å².